The van der Waals surface area contributed by atoms with Crippen LogP contribution in [0.2, 0.25) is 0 Å². The van der Waals surface area contributed by atoms with Gasteiger partial charge in [-0.25, -0.2) is 0 Å². The quantitative estimate of drug-likeness (QED) is 0.632. The second kappa shape index (κ2) is 6.01. The number of ketones is 3. The second-order valence-corrected chi connectivity index (χ2v) is 6.68. The maximum Gasteiger partial charge on any atom is 0.180 e. The van der Waals surface area contributed by atoms with E-state index in [1.807, 2.05) is 17.5 Å². The molecule has 0 bridgehead atoms. The topological polar surface area (TPSA) is 60.4 Å². The number of ether oxygens (including phenoxy) is 1. The standard InChI is InChI=1S/C17H18O4S/c1-10-14(19)13(15(20)17(2,3)16(10)21-4)12(18)8-7-11-6-5-9-22-11/h5-9,13H,1-4H3. The van der Waals surface area contributed by atoms with E-state index in [2.05, 4.69) is 0 Å². The van der Waals surface area contributed by atoms with Gasteiger partial charge in [-0.15, -0.1) is 11.3 Å². The number of hydrogen-bond donors (Lipinski definition) is 0. The Labute approximate surface area is 133 Å². The van der Waals surface area contributed by atoms with E-state index in [0.29, 0.717) is 11.3 Å². The van der Waals surface area contributed by atoms with Gasteiger partial charge in [-0.2, -0.15) is 0 Å². The number of rotatable bonds is 4. The third-order valence-corrected chi connectivity index (χ3v) is 4.70. The van der Waals surface area contributed by atoms with Crippen LogP contribution < -0.4 is 0 Å². The van der Waals surface area contributed by atoms with E-state index in [-0.39, 0.29) is 0 Å². The largest absolute Gasteiger partial charge is 0.500 e. The monoisotopic (exact) mass is 318 g/mol. The van der Waals surface area contributed by atoms with Gasteiger partial charge in [0.25, 0.3) is 0 Å². The third kappa shape index (κ3) is 2.68. The Bertz CT molecular complexity index is 678. The summed E-state index contributed by atoms with van der Waals surface area (Å²) in [6.07, 6.45) is 2.94. The maximum absolute atomic E-state index is 12.6. The molecule has 0 aliphatic heterocycles. The van der Waals surface area contributed by atoms with Gasteiger partial charge in [-0.1, -0.05) is 6.07 Å². The predicted octanol–water partition coefficient (Wildman–Crippen LogP) is 3.05. The highest BCUT2D eigenvalue weighted by Gasteiger charge is 2.49. The van der Waals surface area contributed by atoms with Crippen LogP contribution in [0.25, 0.3) is 6.08 Å². The zero-order valence-corrected chi connectivity index (χ0v) is 13.8. The molecule has 1 aromatic rings. The van der Waals surface area contributed by atoms with Crippen molar-refractivity contribution < 1.29 is 19.1 Å². The first-order chi connectivity index (χ1) is 10.3. The van der Waals surface area contributed by atoms with E-state index in [4.69, 9.17) is 4.74 Å². The lowest BCUT2D eigenvalue weighted by molar-refractivity contribution is -0.143. The Morgan fingerprint density at radius 2 is 2.05 bits per heavy atom. The lowest BCUT2D eigenvalue weighted by Crippen LogP contribution is -2.46. The third-order valence-electron chi connectivity index (χ3n) is 3.86. The summed E-state index contributed by atoms with van der Waals surface area (Å²) in [7, 11) is 1.43. The number of allylic oxidation sites excluding steroid dienone is 3. The van der Waals surface area contributed by atoms with Gasteiger partial charge in [0.15, 0.2) is 17.3 Å². The average molecular weight is 318 g/mol. The van der Waals surface area contributed by atoms with Crippen LogP contribution in [0.15, 0.2) is 34.9 Å². The fourth-order valence-corrected chi connectivity index (χ4v) is 3.32. The second-order valence-electron chi connectivity index (χ2n) is 5.70. The summed E-state index contributed by atoms with van der Waals surface area (Å²) >= 11 is 1.48. The SMILES string of the molecule is COC1=C(C)C(=O)C(C(=O)C=Cc2cccs2)C(=O)C1(C)C. The zero-order chi connectivity index (χ0) is 16.5. The van der Waals surface area contributed by atoms with Crippen LogP contribution in [-0.4, -0.2) is 24.5 Å². The molecule has 1 atom stereocenters. The number of hydrogen-bond acceptors (Lipinski definition) is 5. The minimum absolute atomic E-state index is 0.341. The zero-order valence-electron chi connectivity index (χ0n) is 13.0. The molecule has 1 heterocycles. The number of methoxy groups -OCH3 is 1. The summed E-state index contributed by atoms with van der Waals surface area (Å²) in [5.74, 6) is -2.30. The van der Waals surface area contributed by atoms with Crippen molar-refractivity contribution in [3.63, 3.8) is 0 Å². The van der Waals surface area contributed by atoms with E-state index in [1.54, 1.807) is 26.8 Å². The molecule has 1 unspecified atom stereocenters. The molecule has 1 aliphatic rings. The van der Waals surface area contributed by atoms with Crippen LogP contribution in [0.5, 0.6) is 0 Å². The molecule has 1 aliphatic carbocycles. The summed E-state index contributed by atoms with van der Waals surface area (Å²) in [6, 6.07) is 3.73. The smallest absolute Gasteiger partial charge is 0.180 e. The van der Waals surface area contributed by atoms with Crippen molar-refractivity contribution in [2.75, 3.05) is 7.11 Å². The minimum atomic E-state index is -1.27. The van der Waals surface area contributed by atoms with E-state index in [9.17, 15) is 14.4 Å². The molecule has 1 aromatic heterocycles. The molecular formula is C17H18O4S. The van der Waals surface area contributed by atoms with Gasteiger partial charge in [-0.3, -0.25) is 14.4 Å². The van der Waals surface area contributed by atoms with Crippen LogP contribution in [0, 0.1) is 11.3 Å². The fourth-order valence-electron chi connectivity index (χ4n) is 2.70. The highest BCUT2D eigenvalue weighted by molar-refractivity contribution is 7.10. The van der Waals surface area contributed by atoms with Gasteiger partial charge < -0.3 is 4.74 Å². The maximum atomic E-state index is 12.6. The summed E-state index contributed by atoms with van der Waals surface area (Å²) in [4.78, 5) is 38.2. The molecule has 4 nitrogen and oxygen atoms in total. The number of thiophene rings is 1. The van der Waals surface area contributed by atoms with Gasteiger partial charge in [0, 0.05) is 10.5 Å². The molecule has 2 rings (SSSR count). The van der Waals surface area contributed by atoms with Crippen molar-refractivity contribution in [3.05, 3.63) is 39.8 Å². The van der Waals surface area contributed by atoms with Crippen LogP contribution >= 0.6 is 11.3 Å². The predicted molar refractivity (Wildman–Crippen MR) is 85.4 cm³/mol. The molecule has 0 saturated carbocycles. The Morgan fingerprint density at radius 1 is 1.36 bits per heavy atom. The van der Waals surface area contributed by atoms with Gasteiger partial charge in [0.2, 0.25) is 0 Å². The first-order valence-electron chi connectivity index (χ1n) is 6.90. The van der Waals surface area contributed by atoms with Crippen LogP contribution in [0.4, 0.5) is 0 Å². The Balaban J connectivity index is 2.35. The van der Waals surface area contributed by atoms with E-state index in [0.717, 1.165) is 4.88 Å². The van der Waals surface area contributed by atoms with Crippen molar-refractivity contribution in [2.24, 2.45) is 11.3 Å². The number of Topliss-reactive ketones (excluding diaryl/α,β-unsaturated/α-hetero) is 2. The van der Waals surface area contributed by atoms with Crippen LogP contribution in [0.1, 0.15) is 25.6 Å². The number of carbonyl (C=O) groups excluding carboxylic acids is 3. The first-order valence-corrected chi connectivity index (χ1v) is 7.78. The van der Waals surface area contributed by atoms with Gasteiger partial charge in [0.05, 0.1) is 12.5 Å². The molecule has 5 heteroatoms. The van der Waals surface area contributed by atoms with Crippen molar-refractivity contribution in [1.82, 2.24) is 0 Å². The minimum Gasteiger partial charge on any atom is -0.500 e. The van der Waals surface area contributed by atoms with Crippen molar-refractivity contribution in [3.8, 4) is 0 Å². The molecule has 0 spiro atoms. The molecule has 0 fully saturated rings. The summed E-state index contributed by atoms with van der Waals surface area (Å²) in [5.41, 5.74) is -0.640. The highest BCUT2D eigenvalue weighted by atomic mass is 32.1. The molecular weight excluding hydrogens is 300 g/mol. The Kier molecular flexibility index (Phi) is 4.47. The van der Waals surface area contributed by atoms with Crippen molar-refractivity contribution in [1.29, 1.82) is 0 Å². The summed E-state index contributed by atoms with van der Waals surface area (Å²) in [6.45, 7) is 4.94. The lowest BCUT2D eigenvalue weighted by atomic mass is 9.69. The molecule has 116 valence electrons. The molecule has 22 heavy (non-hydrogen) atoms. The summed E-state index contributed by atoms with van der Waals surface area (Å²) in [5, 5.41) is 1.89. The van der Waals surface area contributed by atoms with E-state index >= 15 is 0 Å². The van der Waals surface area contributed by atoms with Gasteiger partial charge >= 0.3 is 0 Å². The lowest BCUT2D eigenvalue weighted by Gasteiger charge is -2.34. The van der Waals surface area contributed by atoms with Crippen molar-refractivity contribution in [2.45, 2.75) is 20.8 Å². The molecule has 0 radical (unpaired) electrons. The summed E-state index contributed by atoms with van der Waals surface area (Å²) < 4.78 is 5.22. The van der Waals surface area contributed by atoms with Gasteiger partial charge in [-0.05, 0) is 44.4 Å². The molecule has 0 aromatic carbocycles. The Morgan fingerprint density at radius 3 is 2.59 bits per heavy atom. The van der Waals surface area contributed by atoms with E-state index in [1.165, 1.54) is 24.5 Å². The average Bonchev–Trinajstić information content (AvgIpc) is 2.97. The van der Waals surface area contributed by atoms with Crippen molar-refractivity contribution >= 4 is 34.8 Å². The number of carbonyl (C=O) groups is 3. The highest BCUT2D eigenvalue weighted by Crippen LogP contribution is 2.39. The first kappa shape index (κ1) is 16.4. The fraction of sp³-hybridized carbons (Fsp3) is 0.353. The molecule has 0 N–H and O–H groups in total. The Hall–Kier alpha value is -2.01. The van der Waals surface area contributed by atoms with Gasteiger partial charge in [0.1, 0.15) is 11.7 Å². The van der Waals surface area contributed by atoms with Crippen LogP contribution in [0.3, 0.4) is 0 Å². The normalized spacial score (nSPS) is 21.5. The van der Waals surface area contributed by atoms with E-state index < -0.39 is 28.7 Å². The molecule has 0 saturated heterocycles. The van der Waals surface area contributed by atoms with Crippen LogP contribution in [-0.2, 0) is 19.1 Å². The molecule has 0 amide bonds.